The van der Waals surface area contributed by atoms with Crippen LogP contribution in [0.1, 0.15) is 15.9 Å². The number of benzene rings is 2. The van der Waals surface area contributed by atoms with Crippen LogP contribution >= 0.6 is 11.6 Å². The second kappa shape index (κ2) is 6.95. The molecule has 5 nitrogen and oxygen atoms in total. The second-order valence-electron chi connectivity index (χ2n) is 4.63. The molecule has 0 spiro atoms. The molecule has 0 saturated carbocycles. The molecule has 0 bridgehead atoms. The summed E-state index contributed by atoms with van der Waals surface area (Å²) in [5.74, 6) is -0.893. The number of ether oxygens (including phenoxy) is 1. The van der Waals surface area contributed by atoms with Crippen LogP contribution in [0, 0.1) is 6.92 Å². The molecule has 1 amide bonds. The highest BCUT2D eigenvalue weighted by Crippen LogP contribution is 2.21. The van der Waals surface area contributed by atoms with Crippen LogP contribution in [0.4, 0.5) is 5.69 Å². The van der Waals surface area contributed by atoms with Crippen LogP contribution in [0.5, 0.6) is 5.75 Å². The number of hydrogen-bond donors (Lipinski definition) is 2. The minimum Gasteiger partial charge on any atom is -0.484 e. The summed E-state index contributed by atoms with van der Waals surface area (Å²) in [4.78, 5) is 22.7. The zero-order valence-electron chi connectivity index (χ0n) is 11.8. The molecule has 0 aromatic heterocycles. The van der Waals surface area contributed by atoms with Crippen LogP contribution in [0.3, 0.4) is 0 Å². The maximum Gasteiger partial charge on any atom is 0.335 e. The highest BCUT2D eigenvalue weighted by atomic mass is 35.5. The Labute approximate surface area is 132 Å². The third kappa shape index (κ3) is 4.23. The van der Waals surface area contributed by atoms with E-state index in [2.05, 4.69) is 5.32 Å². The Morgan fingerprint density at radius 3 is 2.68 bits per heavy atom. The van der Waals surface area contributed by atoms with E-state index in [1.807, 2.05) is 6.92 Å². The van der Waals surface area contributed by atoms with E-state index in [1.54, 1.807) is 30.3 Å². The summed E-state index contributed by atoms with van der Waals surface area (Å²) in [6.07, 6.45) is 0. The number of carbonyl (C=O) groups is 2. The van der Waals surface area contributed by atoms with Crippen molar-refractivity contribution in [3.8, 4) is 5.75 Å². The summed E-state index contributed by atoms with van der Waals surface area (Å²) in [6, 6.07) is 11.1. The van der Waals surface area contributed by atoms with Crippen LogP contribution < -0.4 is 10.1 Å². The fourth-order valence-corrected chi connectivity index (χ4v) is 1.90. The van der Waals surface area contributed by atoms with E-state index in [1.165, 1.54) is 12.1 Å². The van der Waals surface area contributed by atoms with Crippen LogP contribution in [-0.4, -0.2) is 23.6 Å². The van der Waals surface area contributed by atoms with E-state index >= 15 is 0 Å². The van der Waals surface area contributed by atoms with Gasteiger partial charge >= 0.3 is 5.97 Å². The third-order valence-electron chi connectivity index (χ3n) is 2.89. The van der Waals surface area contributed by atoms with Gasteiger partial charge in [-0.1, -0.05) is 17.7 Å². The highest BCUT2D eigenvalue weighted by molar-refractivity contribution is 6.31. The number of carboxylic acids is 1. The molecule has 0 heterocycles. The monoisotopic (exact) mass is 319 g/mol. The van der Waals surface area contributed by atoms with Gasteiger partial charge in [-0.25, -0.2) is 4.79 Å². The normalized spacial score (nSPS) is 10.1. The van der Waals surface area contributed by atoms with E-state index in [4.69, 9.17) is 21.4 Å². The Hall–Kier alpha value is -2.53. The second-order valence-corrected chi connectivity index (χ2v) is 5.04. The van der Waals surface area contributed by atoms with Crippen LogP contribution in [-0.2, 0) is 4.79 Å². The van der Waals surface area contributed by atoms with Gasteiger partial charge in [0, 0.05) is 10.7 Å². The number of carboxylic acid groups (broad SMARTS) is 1. The van der Waals surface area contributed by atoms with Crippen molar-refractivity contribution in [2.75, 3.05) is 11.9 Å². The van der Waals surface area contributed by atoms with Crippen molar-refractivity contribution in [3.05, 3.63) is 58.6 Å². The Balaban J connectivity index is 1.94. The van der Waals surface area contributed by atoms with Gasteiger partial charge in [0.05, 0.1) is 5.56 Å². The largest absolute Gasteiger partial charge is 0.484 e. The molecular weight excluding hydrogens is 306 g/mol. The van der Waals surface area contributed by atoms with Crippen LogP contribution in [0.25, 0.3) is 0 Å². The number of hydrogen-bond acceptors (Lipinski definition) is 3. The molecule has 0 aliphatic carbocycles. The van der Waals surface area contributed by atoms with Gasteiger partial charge in [-0.15, -0.1) is 0 Å². The van der Waals surface area contributed by atoms with Gasteiger partial charge in [0.25, 0.3) is 5.91 Å². The van der Waals surface area contributed by atoms with Gasteiger partial charge in [0.15, 0.2) is 6.61 Å². The van der Waals surface area contributed by atoms with Crippen molar-refractivity contribution in [2.45, 2.75) is 6.92 Å². The lowest BCUT2D eigenvalue weighted by atomic mass is 10.2. The molecule has 2 aromatic rings. The summed E-state index contributed by atoms with van der Waals surface area (Å²) < 4.78 is 5.37. The Bertz CT molecular complexity index is 715. The fourth-order valence-electron chi connectivity index (χ4n) is 1.78. The number of nitrogens with one attached hydrogen (secondary N) is 1. The summed E-state index contributed by atoms with van der Waals surface area (Å²) in [7, 11) is 0. The van der Waals surface area contributed by atoms with Crippen molar-refractivity contribution < 1.29 is 19.4 Å². The molecule has 0 unspecified atom stereocenters. The quantitative estimate of drug-likeness (QED) is 0.886. The van der Waals surface area contributed by atoms with E-state index < -0.39 is 5.97 Å². The predicted molar refractivity (Wildman–Crippen MR) is 83.7 cm³/mol. The van der Waals surface area contributed by atoms with Gasteiger partial charge in [0.2, 0.25) is 0 Å². The van der Waals surface area contributed by atoms with Crippen molar-refractivity contribution in [2.24, 2.45) is 0 Å². The lowest BCUT2D eigenvalue weighted by Crippen LogP contribution is -2.20. The van der Waals surface area contributed by atoms with E-state index in [0.29, 0.717) is 16.5 Å². The van der Waals surface area contributed by atoms with Crippen LogP contribution in [0.2, 0.25) is 5.02 Å². The average molecular weight is 320 g/mol. The first-order chi connectivity index (χ1) is 10.5. The van der Waals surface area contributed by atoms with Crippen molar-refractivity contribution >= 4 is 29.2 Å². The van der Waals surface area contributed by atoms with Crippen molar-refractivity contribution in [3.63, 3.8) is 0 Å². The maximum absolute atomic E-state index is 11.8. The lowest BCUT2D eigenvalue weighted by Gasteiger charge is -2.09. The molecule has 114 valence electrons. The number of aryl methyl sites for hydroxylation is 1. The summed E-state index contributed by atoms with van der Waals surface area (Å²) in [5, 5.41) is 12.1. The molecule has 2 aromatic carbocycles. The molecule has 0 fully saturated rings. The lowest BCUT2D eigenvalue weighted by molar-refractivity contribution is -0.118. The first-order valence-corrected chi connectivity index (χ1v) is 6.85. The SMILES string of the molecule is Cc1cc(OCC(=O)Nc2cccc(C(=O)O)c2)ccc1Cl. The third-order valence-corrected chi connectivity index (χ3v) is 3.32. The van der Waals surface area contributed by atoms with Gasteiger partial charge in [-0.2, -0.15) is 0 Å². The summed E-state index contributed by atoms with van der Waals surface area (Å²) in [5.41, 5.74) is 1.36. The van der Waals surface area contributed by atoms with Crippen molar-refractivity contribution in [1.82, 2.24) is 0 Å². The number of anilines is 1. The van der Waals surface area contributed by atoms with E-state index in [0.717, 1.165) is 5.56 Å². The summed E-state index contributed by atoms with van der Waals surface area (Å²) >= 11 is 5.91. The average Bonchev–Trinajstić information content (AvgIpc) is 2.49. The number of carbonyl (C=O) groups excluding carboxylic acids is 1. The first kappa shape index (κ1) is 15.9. The Morgan fingerprint density at radius 2 is 2.00 bits per heavy atom. The van der Waals surface area contributed by atoms with Gasteiger partial charge in [-0.3, -0.25) is 4.79 Å². The molecule has 2 rings (SSSR count). The van der Waals surface area contributed by atoms with E-state index in [9.17, 15) is 9.59 Å². The van der Waals surface area contributed by atoms with Crippen LogP contribution in [0.15, 0.2) is 42.5 Å². The first-order valence-electron chi connectivity index (χ1n) is 6.48. The molecule has 2 N–H and O–H groups in total. The minimum absolute atomic E-state index is 0.104. The van der Waals surface area contributed by atoms with Crippen molar-refractivity contribution in [1.29, 1.82) is 0 Å². The standard InChI is InChI=1S/C16H14ClNO4/c1-10-7-13(5-6-14(10)17)22-9-15(19)18-12-4-2-3-11(8-12)16(20)21/h2-8H,9H2,1H3,(H,18,19)(H,20,21). The molecule has 0 aliphatic heterocycles. The maximum atomic E-state index is 11.8. The fraction of sp³-hybridized carbons (Fsp3) is 0.125. The number of halogens is 1. The molecular formula is C16H14ClNO4. The van der Waals surface area contributed by atoms with E-state index in [-0.39, 0.29) is 18.1 Å². The molecule has 0 saturated heterocycles. The smallest absolute Gasteiger partial charge is 0.335 e. The summed E-state index contributed by atoms with van der Waals surface area (Å²) in [6.45, 7) is 1.66. The number of amides is 1. The topological polar surface area (TPSA) is 75.6 Å². The molecule has 0 radical (unpaired) electrons. The molecule has 0 aliphatic rings. The molecule has 6 heteroatoms. The highest BCUT2D eigenvalue weighted by Gasteiger charge is 2.07. The van der Waals surface area contributed by atoms with Gasteiger partial charge in [-0.05, 0) is 48.9 Å². The predicted octanol–water partition coefficient (Wildman–Crippen LogP) is 3.36. The Morgan fingerprint density at radius 1 is 1.23 bits per heavy atom. The van der Waals surface area contributed by atoms with Gasteiger partial charge in [0.1, 0.15) is 5.75 Å². The number of aromatic carboxylic acids is 1. The minimum atomic E-state index is -1.05. The number of rotatable bonds is 5. The zero-order chi connectivity index (χ0) is 16.1. The molecule has 0 atom stereocenters. The van der Waals surface area contributed by atoms with Gasteiger partial charge < -0.3 is 15.2 Å². The zero-order valence-corrected chi connectivity index (χ0v) is 12.6. The Kier molecular flexibility index (Phi) is 5.01. The molecule has 22 heavy (non-hydrogen) atoms.